The molecule has 0 aromatic heterocycles. The maximum absolute atomic E-state index is 10.7. The third kappa shape index (κ3) is 3.14. The fourth-order valence-electron chi connectivity index (χ4n) is 0.973. The van der Waals surface area contributed by atoms with Gasteiger partial charge in [0.15, 0.2) is 5.11 Å². The maximum atomic E-state index is 10.7. The number of nitrogens with two attached hydrogens (primary N) is 1. The fourth-order valence-corrected chi connectivity index (χ4v) is 1.24. The molecule has 1 aromatic rings. The third-order valence-electron chi connectivity index (χ3n) is 1.59. The molecule has 0 aliphatic heterocycles. The van der Waals surface area contributed by atoms with E-state index in [4.69, 9.17) is 17.3 Å². The Labute approximate surface area is 101 Å². The van der Waals surface area contributed by atoms with Crippen LogP contribution >= 0.6 is 23.8 Å². The molecule has 0 heterocycles. The SMILES string of the molecule is NC(=S)NN=Cc1c(Cl)cccc1[N+](=O)[O-]. The van der Waals surface area contributed by atoms with E-state index in [0.29, 0.717) is 0 Å². The molecule has 1 aromatic carbocycles. The average Bonchev–Trinajstić information content (AvgIpc) is 2.19. The Kier molecular flexibility index (Phi) is 4.15. The fraction of sp³-hybridized carbons (Fsp3) is 0. The molecule has 0 saturated heterocycles. The van der Waals surface area contributed by atoms with Gasteiger partial charge in [0.05, 0.1) is 21.7 Å². The summed E-state index contributed by atoms with van der Waals surface area (Å²) >= 11 is 10.3. The number of nitrogens with one attached hydrogen (secondary N) is 1. The Balaban J connectivity index is 3.06. The molecular weight excluding hydrogens is 252 g/mol. The first-order valence-electron chi connectivity index (χ1n) is 4.04. The zero-order valence-electron chi connectivity index (χ0n) is 7.88. The predicted octanol–water partition coefficient (Wildman–Crippen LogP) is 1.42. The van der Waals surface area contributed by atoms with Gasteiger partial charge in [-0.3, -0.25) is 15.5 Å². The molecule has 0 aliphatic carbocycles. The predicted molar refractivity (Wildman–Crippen MR) is 65.6 cm³/mol. The van der Waals surface area contributed by atoms with Gasteiger partial charge in [0.2, 0.25) is 0 Å². The molecule has 0 amide bonds. The van der Waals surface area contributed by atoms with Crippen molar-refractivity contribution < 1.29 is 4.92 Å². The zero-order chi connectivity index (χ0) is 12.1. The van der Waals surface area contributed by atoms with Crippen LogP contribution in [0.25, 0.3) is 0 Å². The van der Waals surface area contributed by atoms with Gasteiger partial charge in [-0.15, -0.1) is 0 Å². The molecular formula is C8H7ClN4O2S. The molecule has 8 heteroatoms. The number of rotatable bonds is 3. The van der Waals surface area contributed by atoms with Gasteiger partial charge in [0.1, 0.15) is 0 Å². The van der Waals surface area contributed by atoms with Crippen LogP contribution < -0.4 is 11.2 Å². The van der Waals surface area contributed by atoms with Gasteiger partial charge >= 0.3 is 0 Å². The number of thiocarbonyl (C=S) groups is 1. The summed E-state index contributed by atoms with van der Waals surface area (Å²) in [4.78, 5) is 10.1. The summed E-state index contributed by atoms with van der Waals surface area (Å²) in [5.41, 5.74) is 7.47. The first-order valence-corrected chi connectivity index (χ1v) is 4.82. The number of nitro benzene ring substituents is 1. The highest BCUT2D eigenvalue weighted by atomic mass is 35.5. The van der Waals surface area contributed by atoms with Crippen molar-refractivity contribution in [2.75, 3.05) is 0 Å². The Morgan fingerprint density at radius 3 is 2.94 bits per heavy atom. The average molecular weight is 259 g/mol. The molecule has 6 nitrogen and oxygen atoms in total. The lowest BCUT2D eigenvalue weighted by atomic mass is 10.2. The second kappa shape index (κ2) is 5.38. The quantitative estimate of drug-likeness (QED) is 0.370. The van der Waals surface area contributed by atoms with Gasteiger partial charge in [-0.1, -0.05) is 17.7 Å². The first-order chi connectivity index (χ1) is 7.52. The number of nitro groups is 1. The van der Waals surface area contributed by atoms with Crippen LogP contribution in [0.3, 0.4) is 0 Å². The lowest BCUT2D eigenvalue weighted by molar-refractivity contribution is -0.385. The van der Waals surface area contributed by atoms with Gasteiger partial charge in [-0.2, -0.15) is 5.10 Å². The summed E-state index contributed by atoms with van der Waals surface area (Å²) in [5, 5.41) is 14.5. The molecule has 0 saturated carbocycles. The highest BCUT2D eigenvalue weighted by Gasteiger charge is 2.14. The Morgan fingerprint density at radius 2 is 2.38 bits per heavy atom. The number of hydrogen-bond acceptors (Lipinski definition) is 4. The maximum Gasteiger partial charge on any atom is 0.279 e. The van der Waals surface area contributed by atoms with E-state index < -0.39 is 4.92 Å². The van der Waals surface area contributed by atoms with E-state index >= 15 is 0 Å². The van der Waals surface area contributed by atoms with E-state index in [0.717, 1.165) is 0 Å². The third-order valence-corrected chi connectivity index (χ3v) is 2.02. The van der Waals surface area contributed by atoms with Crippen molar-refractivity contribution in [1.29, 1.82) is 0 Å². The molecule has 0 spiro atoms. The van der Waals surface area contributed by atoms with Crippen LogP contribution in [0.15, 0.2) is 23.3 Å². The minimum absolute atomic E-state index is 0.0362. The lowest BCUT2D eigenvalue weighted by Crippen LogP contribution is -2.24. The van der Waals surface area contributed by atoms with Crippen LogP contribution in [0, 0.1) is 10.1 Å². The lowest BCUT2D eigenvalue weighted by Gasteiger charge is -1.99. The number of halogens is 1. The molecule has 0 atom stereocenters. The van der Waals surface area contributed by atoms with Crippen LogP contribution in [0.5, 0.6) is 0 Å². The summed E-state index contributed by atoms with van der Waals surface area (Å²) in [6.07, 6.45) is 1.19. The largest absolute Gasteiger partial charge is 0.375 e. The number of hydrogen-bond donors (Lipinski definition) is 2. The van der Waals surface area contributed by atoms with Crippen molar-refractivity contribution in [3.63, 3.8) is 0 Å². The van der Waals surface area contributed by atoms with Crippen molar-refractivity contribution in [3.8, 4) is 0 Å². The van der Waals surface area contributed by atoms with E-state index in [9.17, 15) is 10.1 Å². The summed E-state index contributed by atoms with van der Waals surface area (Å²) in [5.74, 6) is 0. The number of hydrazone groups is 1. The number of nitrogens with zero attached hydrogens (tertiary/aromatic N) is 2. The molecule has 16 heavy (non-hydrogen) atoms. The molecule has 0 bridgehead atoms. The van der Waals surface area contributed by atoms with E-state index in [1.807, 2.05) is 0 Å². The standard InChI is InChI=1S/C8H7ClN4O2S/c9-6-2-1-3-7(13(14)15)5(6)4-11-12-8(10)16/h1-4H,(H3,10,12,16). The zero-order valence-corrected chi connectivity index (χ0v) is 9.46. The van der Waals surface area contributed by atoms with Crippen molar-refractivity contribution in [2.24, 2.45) is 10.8 Å². The van der Waals surface area contributed by atoms with Crippen LogP contribution in [-0.2, 0) is 0 Å². The molecule has 3 N–H and O–H groups in total. The molecule has 1 rings (SSSR count). The molecule has 0 radical (unpaired) electrons. The minimum atomic E-state index is -0.548. The van der Waals surface area contributed by atoms with Crippen LogP contribution in [0.4, 0.5) is 5.69 Å². The summed E-state index contributed by atoms with van der Waals surface area (Å²) in [7, 11) is 0. The highest BCUT2D eigenvalue weighted by molar-refractivity contribution is 7.80. The monoisotopic (exact) mass is 258 g/mol. The van der Waals surface area contributed by atoms with Gasteiger partial charge in [0.25, 0.3) is 5.69 Å². The van der Waals surface area contributed by atoms with Crippen LogP contribution in [0.2, 0.25) is 5.02 Å². The van der Waals surface area contributed by atoms with E-state index in [1.165, 1.54) is 24.4 Å². The second-order valence-corrected chi connectivity index (χ2v) is 3.51. The van der Waals surface area contributed by atoms with Crippen molar-refractivity contribution in [2.45, 2.75) is 0 Å². The van der Waals surface area contributed by atoms with Gasteiger partial charge in [-0.05, 0) is 18.3 Å². The summed E-state index contributed by atoms with van der Waals surface area (Å²) in [6.45, 7) is 0. The number of benzene rings is 1. The van der Waals surface area contributed by atoms with Gasteiger partial charge in [0, 0.05) is 6.07 Å². The highest BCUT2D eigenvalue weighted by Crippen LogP contribution is 2.23. The van der Waals surface area contributed by atoms with Crippen molar-refractivity contribution in [3.05, 3.63) is 38.9 Å². The topological polar surface area (TPSA) is 93.5 Å². The molecule has 0 aliphatic rings. The van der Waals surface area contributed by atoms with Crippen molar-refractivity contribution >= 4 is 40.8 Å². The molecule has 84 valence electrons. The Hall–Kier alpha value is -1.73. The van der Waals surface area contributed by atoms with E-state index in [2.05, 4.69) is 22.7 Å². The Morgan fingerprint density at radius 1 is 1.69 bits per heavy atom. The van der Waals surface area contributed by atoms with Crippen LogP contribution in [-0.4, -0.2) is 16.3 Å². The van der Waals surface area contributed by atoms with Crippen molar-refractivity contribution in [1.82, 2.24) is 5.43 Å². The second-order valence-electron chi connectivity index (χ2n) is 2.66. The molecule has 0 unspecified atom stereocenters. The van der Waals surface area contributed by atoms with Gasteiger partial charge in [-0.25, -0.2) is 0 Å². The van der Waals surface area contributed by atoms with E-state index in [-0.39, 0.29) is 21.4 Å². The normalized spacial score (nSPS) is 10.3. The molecule has 0 fully saturated rings. The first kappa shape index (κ1) is 12.3. The summed E-state index contributed by atoms with van der Waals surface area (Å²) < 4.78 is 0. The van der Waals surface area contributed by atoms with Crippen LogP contribution in [0.1, 0.15) is 5.56 Å². The van der Waals surface area contributed by atoms with Gasteiger partial charge < -0.3 is 5.73 Å². The summed E-state index contributed by atoms with van der Waals surface area (Å²) in [6, 6.07) is 4.34. The smallest absolute Gasteiger partial charge is 0.279 e. The minimum Gasteiger partial charge on any atom is -0.375 e. The van der Waals surface area contributed by atoms with E-state index in [1.54, 1.807) is 0 Å². The Bertz CT molecular complexity index is 463.